The Labute approximate surface area is 133 Å². The normalized spacial score (nSPS) is 27.9. The molecule has 124 valence electrons. The summed E-state index contributed by atoms with van der Waals surface area (Å²) in [5.74, 6) is -1.77. The van der Waals surface area contributed by atoms with Gasteiger partial charge >= 0.3 is 5.97 Å². The molecule has 3 rings (SSSR count). The van der Waals surface area contributed by atoms with Crippen molar-refractivity contribution in [2.75, 3.05) is 38.7 Å². The van der Waals surface area contributed by atoms with Gasteiger partial charge in [0.05, 0.1) is 18.4 Å². The standard InChI is InChI=1S/C16H19FN2O4/c1-18-6-5-16(17)11(8-18)9-19(15(16)22)12-4-3-10(14(20)21)7-13(12)23-2/h3-4,7,11H,5-6,8-9H2,1-2H3,(H,20,21)/t11-,16+/m0/s1. The summed E-state index contributed by atoms with van der Waals surface area (Å²) in [7, 11) is 3.31. The van der Waals surface area contributed by atoms with Crippen molar-refractivity contribution in [1.29, 1.82) is 0 Å². The van der Waals surface area contributed by atoms with Gasteiger partial charge in [0.15, 0.2) is 5.67 Å². The lowest BCUT2D eigenvalue weighted by Crippen LogP contribution is -2.49. The quantitative estimate of drug-likeness (QED) is 0.911. The Kier molecular flexibility index (Phi) is 3.75. The number of nitrogens with zero attached hydrogens (tertiary/aromatic N) is 2. The van der Waals surface area contributed by atoms with Crippen LogP contribution in [0.5, 0.6) is 5.75 Å². The fourth-order valence-electron chi connectivity index (χ4n) is 3.42. The highest BCUT2D eigenvalue weighted by Gasteiger charge is 2.57. The number of aromatic carboxylic acids is 1. The predicted molar refractivity (Wildman–Crippen MR) is 81.7 cm³/mol. The number of halogens is 1. The van der Waals surface area contributed by atoms with Crippen LogP contribution in [-0.4, -0.2) is 61.3 Å². The average molecular weight is 322 g/mol. The van der Waals surface area contributed by atoms with Crippen LogP contribution in [0.15, 0.2) is 18.2 Å². The Balaban J connectivity index is 1.96. The molecule has 0 bridgehead atoms. The van der Waals surface area contributed by atoms with Gasteiger partial charge < -0.3 is 19.6 Å². The van der Waals surface area contributed by atoms with Crippen molar-refractivity contribution in [3.63, 3.8) is 0 Å². The second-order valence-corrected chi connectivity index (χ2v) is 6.18. The summed E-state index contributed by atoms with van der Waals surface area (Å²) in [6, 6.07) is 4.25. The third-order valence-electron chi connectivity index (χ3n) is 4.76. The lowest BCUT2D eigenvalue weighted by atomic mass is 9.85. The minimum Gasteiger partial charge on any atom is -0.495 e. The molecule has 2 aliphatic rings. The highest BCUT2D eigenvalue weighted by molar-refractivity contribution is 6.04. The second kappa shape index (κ2) is 5.49. The zero-order valence-corrected chi connectivity index (χ0v) is 13.1. The molecular weight excluding hydrogens is 303 g/mol. The maximum atomic E-state index is 15.2. The molecule has 2 saturated heterocycles. The number of ether oxygens (including phenoxy) is 1. The molecular formula is C16H19FN2O4. The molecule has 1 aromatic carbocycles. The minimum absolute atomic E-state index is 0.0596. The molecule has 0 spiro atoms. The number of alkyl halides is 1. The van der Waals surface area contributed by atoms with Gasteiger partial charge in [-0.15, -0.1) is 0 Å². The van der Waals surface area contributed by atoms with Gasteiger partial charge in [-0.3, -0.25) is 4.79 Å². The molecule has 2 atom stereocenters. The van der Waals surface area contributed by atoms with Crippen molar-refractivity contribution in [2.24, 2.45) is 5.92 Å². The van der Waals surface area contributed by atoms with Crippen molar-refractivity contribution in [3.8, 4) is 5.75 Å². The van der Waals surface area contributed by atoms with Crippen molar-refractivity contribution in [3.05, 3.63) is 23.8 Å². The molecule has 7 heteroatoms. The molecule has 0 aromatic heterocycles. The molecule has 23 heavy (non-hydrogen) atoms. The number of fused-ring (bicyclic) bond motifs is 1. The maximum Gasteiger partial charge on any atom is 0.335 e. The van der Waals surface area contributed by atoms with Crippen LogP contribution < -0.4 is 9.64 Å². The van der Waals surface area contributed by atoms with Gasteiger partial charge in [0.2, 0.25) is 0 Å². The van der Waals surface area contributed by atoms with Gasteiger partial charge in [0.25, 0.3) is 5.91 Å². The van der Waals surface area contributed by atoms with E-state index in [1.807, 2.05) is 11.9 Å². The van der Waals surface area contributed by atoms with E-state index in [9.17, 15) is 9.59 Å². The van der Waals surface area contributed by atoms with E-state index in [0.29, 0.717) is 18.8 Å². The fourth-order valence-corrected chi connectivity index (χ4v) is 3.42. The Hall–Kier alpha value is -2.15. The van der Waals surface area contributed by atoms with E-state index in [4.69, 9.17) is 9.84 Å². The molecule has 1 amide bonds. The van der Waals surface area contributed by atoms with E-state index in [1.165, 1.54) is 30.2 Å². The molecule has 2 aliphatic heterocycles. The van der Waals surface area contributed by atoms with Crippen molar-refractivity contribution in [2.45, 2.75) is 12.1 Å². The summed E-state index contributed by atoms with van der Waals surface area (Å²) in [6.45, 7) is 1.33. The summed E-state index contributed by atoms with van der Waals surface area (Å²) in [5.41, 5.74) is -1.37. The van der Waals surface area contributed by atoms with Gasteiger partial charge in [-0.2, -0.15) is 0 Å². The molecule has 6 nitrogen and oxygen atoms in total. The van der Waals surface area contributed by atoms with Gasteiger partial charge in [-0.1, -0.05) is 0 Å². The number of rotatable bonds is 3. The van der Waals surface area contributed by atoms with Gasteiger partial charge in [0.1, 0.15) is 5.75 Å². The van der Waals surface area contributed by atoms with Crippen LogP contribution in [0.25, 0.3) is 0 Å². The fraction of sp³-hybridized carbons (Fsp3) is 0.500. The van der Waals surface area contributed by atoms with E-state index in [-0.39, 0.29) is 24.3 Å². The van der Waals surface area contributed by atoms with E-state index in [0.717, 1.165) is 0 Å². The number of piperidine rings is 1. The highest BCUT2D eigenvalue weighted by Crippen LogP contribution is 2.43. The molecule has 2 heterocycles. The Morgan fingerprint density at radius 3 is 2.83 bits per heavy atom. The lowest BCUT2D eigenvalue weighted by Gasteiger charge is -2.34. The molecule has 2 fully saturated rings. The number of carbonyl (C=O) groups excluding carboxylic acids is 1. The van der Waals surface area contributed by atoms with Crippen LogP contribution >= 0.6 is 0 Å². The lowest BCUT2D eigenvalue weighted by molar-refractivity contribution is -0.131. The number of hydrogen-bond acceptors (Lipinski definition) is 4. The largest absolute Gasteiger partial charge is 0.495 e. The molecule has 1 aromatic rings. The van der Waals surface area contributed by atoms with Crippen LogP contribution in [0.2, 0.25) is 0 Å². The topological polar surface area (TPSA) is 70.1 Å². The molecule has 1 N–H and O–H groups in total. The first-order valence-corrected chi connectivity index (χ1v) is 7.47. The number of hydrogen-bond donors (Lipinski definition) is 1. The minimum atomic E-state index is -1.84. The monoisotopic (exact) mass is 322 g/mol. The SMILES string of the molecule is COc1cc(C(=O)O)ccc1N1C[C@@H]2CN(C)CC[C@]2(F)C1=O. The van der Waals surface area contributed by atoms with Crippen molar-refractivity contribution >= 4 is 17.6 Å². The van der Waals surface area contributed by atoms with Crippen molar-refractivity contribution in [1.82, 2.24) is 4.90 Å². The Morgan fingerprint density at radius 1 is 1.43 bits per heavy atom. The summed E-state index contributed by atoms with van der Waals surface area (Å²) in [4.78, 5) is 27.1. The Bertz CT molecular complexity index is 665. The number of anilines is 1. The van der Waals surface area contributed by atoms with Crippen LogP contribution in [0.3, 0.4) is 0 Å². The predicted octanol–water partition coefficient (Wildman–Crippen LogP) is 1.40. The van der Waals surface area contributed by atoms with E-state index >= 15 is 4.39 Å². The van der Waals surface area contributed by atoms with Gasteiger partial charge in [-0.05, 0) is 25.2 Å². The van der Waals surface area contributed by atoms with Crippen LogP contribution in [-0.2, 0) is 4.79 Å². The molecule has 0 saturated carbocycles. The third kappa shape index (κ3) is 2.45. The summed E-state index contributed by atoms with van der Waals surface area (Å²) >= 11 is 0. The molecule has 0 radical (unpaired) electrons. The number of methoxy groups -OCH3 is 1. The number of amides is 1. The first kappa shape index (κ1) is 15.7. The molecule has 0 unspecified atom stereocenters. The number of likely N-dealkylation sites (tertiary alicyclic amines) is 1. The number of carboxylic acid groups (broad SMARTS) is 1. The first-order valence-electron chi connectivity index (χ1n) is 7.47. The van der Waals surface area contributed by atoms with E-state index in [2.05, 4.69) is 0 Å². The van der Waals surface area contributed by atoms with Crippen LogP contribution in [0.4, 0.5) is 10.1 Å². The third-order valence-corrected chi connectivity index (χ3v) is 4.76. The average Bonchev–Trinajstić information content (AvgIpc) is 2.79. The Morgan fingerprint density at radius 2 is 2.17 bits per heavy atom. The number of carbonyl (C=O) groups is 2. The first-order chi connectivity index (χ1) is 10.9. The number of carboxylic acids is 1. The number of benzene rings is 1. The zero-order valence-electron chi connectivity index (χ0n) is 13.1. The summed E-state index contributed by atoms with van der Waals surface area (Å²) < 4.78 is 20.4. The zero-order chi connectivity index (χ0) is 16.8. The maximum absolute atomic E-state index is 15.2. The van der Waals surface area contributed by atoms with Crippen LogP contribution in [0, 0.1) is 5.92 Å². The van der Waals surface area contributed by atoms with E-state index in [1.54, 1.807) is 0 Å². The second-order valence-electron chi connectivity index (χ2n) is 6.18. The van der Waals surface area contributed by atoms with Gasteiger partial charge in [0, 0.05) is 32.0 Å². The smallest absolute Gasteiger partial charge is 0.335 e. The van der Waals surface area contributed by atoms with E-state index < -0.39 is 23.5 Å². The van der Waals surface area contributed by atoms with Crippen molar-refractivity contribution < 1.29 is 23.8 Å². The van der Waals surface area contributed by atoms with Crippen LogP contribution in [0.1, 0.15) is 16.8 Å². The summed E-state index contributed by atoms with van der Waals surface area (Å²) in [5, 5.41) is 9.05. The highest BCUT2D eigenvalue weighted by atomic mass is 19.1. The molecule has 0 aliphatic carbocycles. The summed E-state index contributed by atoms with van der Waals surface area (Å²) in [6.07, 6.45) is 0.180. The van der Waals surface area contributed by atoms with Gasteiger partial charge in [-0.25, -0.2) is 9.18 Å².